The predicted molar refractivity (Wildman–Crippen MR) is 73.5 cm³/mol. The average molecular weight is 271 g/mol. The molecule has 0 heterocycles. The lowest BCUT2D eigenvalue weighted by Gasteiger charge is -2.17. The minimum Gasteiger partial charge on any atom is -0.435 e. The molecule has 0 unspecified atom stereocenters. The molecule has 1 N–H and O–H groups in total. The molecule has 0 saturated heterocycles. The van der Waals surface area contributed by atoms with Crippen LogP contribution in [0.15, 0.2) is 24.3 Å². The highest BCUT2D eigenvalue weighted by Gasteiger charge is 2.07. The van der Waals surface area contributed by atoms with E-state index in [2.05, 4.69) is 23.9 Å². The Kier molecular flexibility index (Phi) is 7.41. The fourth-order valence-electron chi connectivity index (χ4n) is 2.10. The van der Waals surface area contributed by atoms with E-state index in [-0.39, 0.29) is 5.75 Å². The summed E-state index contributed by atoms with van der Waals surface area (Å²) < 4.78 is 28.3. The molecule has 1 aromatic carbocycles. The van der Waals surface area contributed by atoms with Crippen molar-refractivity contribution in [3.63, 3.8) is 0 Å². The maximum absolute atomic E-state index is 12.0. The Morgan fingerprint density at radius 2 is 1.63 bits per heavy atom. The number of halogens is 2. The molecule has 1 rings (SSSR count). The number of hydrogen-bond acceptors (Lipinski definition) is 2. The maximum Gasteiger partial charge on any atom is 0.387 e. The number of benzene rings is 1. The lowest BCUT2D eigenvalue weighted by atomic mass is 10.1. The molecule has 0 bridgehead atoms. The molecule has 19 heavy (non-hydrogen) atoms. The van der Waals surface area contributed by atoms with Crippen LogP contribution in [0.1, 0.15) is 45.1 Å². The van der Waals surface area contributed by atoms with E-state index in [0.717, 1.165) is 12.1 Å². The summed E-state index contributed by atoms with van der Waals surface area (Å²) in [4.78, 5) is 0. The van der Waals surface area contributed by atoms with Gasteiger partial charge in [-0.05, 0) is 30.5 Å². The molecule has 0 aliphatic rings. The maximum atomic E-state index is 12.0. The van der Waals surface area contributed by atoms with Crippen LogP contribution in [0.4, 0.5) is 8.78 Å². The number of rotatable bonds is 9. The van der Waals surface area contributed by atoms with Crippen molar-refractivity contribution in [2.45, 2.75) is 58.7 Å². The summed E-state index contributed by atoms with van der Waals surface area (Å²) in [6.07, 6.45) is 4.67. The topological polar surface area (TPSA) is 21.3 Å². The Balaban J connectivity index is 2.43. The molecule has 0 aliphatic heterocycles. The molecule has 4 heteroatoms. The second-order valence-corrected chi connectivity index (χ2v) is 4.68. The van der Waals surface area contributed by atoms with Crippen molar-refractivity contribution in [1.82, 2.24) is 5.32 Å². The summed E-state index contributed by atoms with van der Waals surface area (Å²) in [5.74, 6) is 0.206. The van der Waals surface area contributed by atoms with Gasteiger partial charge in [0, 0.05) is 12.6 Å². The Morgan fingerprint density at radius 1 is 1.05 bits per heavy atom. The third-order valence-corrected chi connectivity index (χ3v) is 3.02. The van der Waals surface area contributed by atoms with Crippen molar-refractivity contribution >= 4 is 0 Å². The lowest BCUT2D eigenvalue weighted by molar-refractivity contribution is -0.0498. The van der Waals surface area contributed by atoms with Crippen molar-refractivity contribution in [3.8, 4) is 5.75 Å². The van der Waals surface area contributed by atoms with Crippen LogP contribution in [0.25, 0.3) is 0 Å². The zero-order chi connectivity index (χ0) is 14.1. The molecule has 0 aliphatic carbocycles. The minimum atomic E-state index is -2.76. The van der Waals surface area contributed by atoms with Crippen LogP contribution in [0, 0.1) is 0 Å². The summed E-state index contributed by atoms with van der Waals surface area (Å²) in [6.45, 7) is 2.36. The Morgan fingerprint density at radius 3 is 2.11 bits per heavy atom. The molecule has 0 aromatic heterocycles. The van der Waals surface area contributed by atoms with Crippen molar-refractivity contribution in [2.75, 3.05) is 0 Å². The smallest absolute Gasteiger partial charge is 0.387 e. The van der Waals surface area contributed by atoms with E-state index in [0.29, 0.717) is 6.04 Å². The van der Waals surface area contributed by atoms with E-state index in [9.17, 15) is 8.78 Å². The van der Waals surface area contributed by atoms with Crippen LogP contribution >= 0.6 is 0 Å². The summed E-state index contributed by atoms with van der Waals surface area (Å²) >= 11 is 0. The van der Waals surface area contributed by atoms with Gasteiger partial charge >= 0.3 is 6.61 Å². The van der Waals surface area contributed by atoms with E-state index in [1.807, 2.05) is 12.1 Å². The molecule has 0 atom stereocenters. The molecule has 0 amide bonds. The first kappa shape index (κ1) is 15.9. The zero-order valence-corrected chi connectivity index (χ0v) is 11.7. The quantitative estimate of drug-likeness (QED) is 0.721. The lowest BCUT2D eigenvalue weighted by Crippen LogP contribution is -2.28. The van der Waals surface area contributed by atoms with Crippen LogP contribution < -0.4 is 10.1 Å². The summed E-state index contributed by atoms with van der Waals surface area (Å²) in [5, 5.41) is 3.51. The second-order valence-electron chi connectivity index (χ2n) is 4.68. The predicted octanol–water partition coefficient (Wildman–Crippen LogP) is 4.35. The van der Waals surface area contributed by atoms with Gasteiger partial charge in [-0.25, -0.2) is 0 Å². The van der Waals surface area contributed by atoms with Gasteiger partial charge in [-0.15, -0.1) is 0 Å². The Labute approximate surface area is 114 Å². The minimum absolute atomic E-state index is 0.206. The summed E-state index contributed by atoms with van der Waals surface area (Å²) in [5.41, 5.74) is 1.08. The van der Waals surface area contributed by atoms with E-state index < -0.39 is 6.61 Å². The largest absolute Gasteiger partial charge is 0.435 e. The van der Waals surface area contributed by atoms with Gasteiger partial charge in [0.2, 0.25) is 0 Å². The molecule has 0 radical (unpaired) electrons. The molecule has 1 aromatic rings. The SMILES string of the molecule is CCCC(CCC)NCc1ccc(OC(F)F)cc1. The highest BCUT2D eigenvalue weighted by molar-refractivity contribution is 5.27. The molecule has 0 saturated carbocycles. The summed E-state index contributed by atoms with van der Waals surface area (Å²) in [7, 11) is 0. The van der Waals surface area contributed by atoms with Crippen molar-refractivity contribution in [1.29, 1.82) is 0 Å². The summed E-state index contributed by atoms with van der Waals surface area (Å²) in [6, 6.07) is 7.33. The second kappa shape index (κ2) is 8.86. The van der Waals surface area contributed by atoms with Crippen molar-refractivity contribution in [3.05, 3.63) is 29.8 Å². The van der Waals surface area contributed by atoms with E-state index in [1.165, 1.54) is 25.7 Å². The first-order valence-corrected chi connectivity index (χ1v) is 6.92. The fraction of sp³-hybridized carbons (Fsp3) is 0.600. The molecular weight excluding hydrogens is 248 g/mol. The van der Waals surface area contributed by atoms with Crippen LogP contribution in [-0.2, 0) is 6.54 Å². The van der Waals surface area contributed by atoms with Crippen LogP contribution in [0.5, 0.6) is 5.75 Å². The van der Waals surface area contributed by atoms with Gasteiger partial charge in [0.05, 0.1) is 0 Å². The van der Waals surface area contributed by atoms with Gasteiger partial charge in [0.15, 0.2) is 0 Å². The number of nitrogens with one attached hydrogen (secondary N) is 1. The van der Waals surface area contributed by atoms with Gasteiger partial charge in [-0.2, -0.15) is 8.78 Å². The standard InChI is InChI=1S/C15H23F2NO/c1-3-5-13(6-4-2)18-11-12-7-9-14(10-8-12)19-15(16)17/h7-10,13,15,18H,3-6,11H2,1-2H3. The Hall–Kier alpha value is -1.16. The first-order chi connectivity index (χ1) is 9.15. The first-order valence-electron chi connectivity index (χ1n) is 6.92. The van der Waals surface area contributed by atoms with Gasteiger partial charge < -0.3 is 10.1 Å². The molecule has 108 valence electrons. The van der Waals surface area contributed by atoms with Crippen molar-refractivity contribution in [2.24, 2.45) is 0 Å². The van der Waals surface area contributed by atoms with E-state index >= 15 is 0 Å². The normalized spacial score (nSPS) is 11.3. The van der Waals surface area contributed by atoms with Crippen LogP contribution in [0.3, 0.4) is 0 Å². The molecule has 2 nitrogen and oxygen atoms in total. The molecule has 0 fully saturated rings. The van der Waals surface area contributed by atoms with Gasteiger partial charge in [0.25, 0.3) is 0 Å². The van der Waals surface area contributed by atoms with Gasteiger partial charge in [0.1, 0.15) is 5.75 Å². The van der Waals surface area contributed by atoms with E-state index in [1.54, 1.807) is 12.1 Å². The number of alkyl halides is 2. The van der Waals surface area contributed by atoms with Gasteiger partial charge in [-0.3, -0.25) is 0 Å². The van der Waals surface area contributed by atoms with Crippen molar-refractivity contribution < 1.29 is 13.5 Å². The molecule has 0 spiro atoms. The van der Waals surface area contributed by atoms with Crippen LogP contribution in [0.2, 0.25) is 0 Å². The third-order valence-electron chi connectivity index (χ3n) is 3.02. The molecular formula is C15H23F2NO. The van der Waals surface area contributed by atoms with Crippen LogP contribution in [-0.4, -0.2) is 12.7 Å². The van der Waals surface area contributed by atoms with Gasteiger partial charge in [-0.1, -0.05) is 38.8 Å². The number of hydrogen-bond donors (Lipinski definition) is 1. The Bertz CT molecular complexity index is 335. The number of ether oxygens (including phenoxy) is 1. The highest BCUT2D eigenvalue weighted by Crippen LogP contribution is 2.15. The average Bonchev–Trinajstić information content (AvgIpc) is 2.37. The highest BCUT2D eigenvalue weighted by atomic mass is 19.3. The zero-order valence-electron chi connectivity index (χ0n) is 11.7. The third kappa shape index (κ3) is 6.53. The fourth-order valence-corrected chi connectivity index (χ4v) is 2.10. The van der Waals surface area contributed by atoms with E-state index in [4.69, 9.17) is 0 Å². The monoisotopic (exact) mass is 271 g/mol.